The molecule has 0 aromatic carbocycles. The van der Waals surface area contributed by atoms with Gasteiger partial charge in [-0.25, -0.2) is 0 Å². The van der Waals surface area contributed by atoms with Crippen LogP contribution in [0.4, 0.5) is 0 Å². The van der Waals surface area contributed by atoms with Gasteiger partial charge in [-0.1, -0.05) is 0 Å². The van der Waals surface area contributed by atoms with Crippen molar-refractivity contribution in [2.45, 2.75) is 68.5 Å². The summed E-state index contributed by atoms with van der Waals surface area (Å²) in [7, 11) is 0. The van der Waals surface area contributed by atoms with E-state index in [0.717, 1.165) is 43.6 Å². The Morgan fingerprint density at radius 1 is 1.35 bits per heavy atom. The summed E-state index contributed by atoms with van der Waals surface area (Å²) in [4.78, 5) is 14.0. The molecule has 3 atom stereocenters. The van der Waals surface area contributed by atoms with Crippen LogP contribution in [0.3, 0.4) is 0 Å². The topological polar surface area (TPSA) is 90.6 Å². The van der Waals surface area contributed by atoms with E-state index >= 15 is 0 Å². The molecule has 5 fully saturated rings. The highest BCUT2D eigenvalue weighted by Crippen LogP contribution is 2.59. The molecule has 1 N–H and O–H groups in total. The normalized spacial score (nSPS) is 44.8. The molecule has 5 aliphatic rings. The fourth-order valence-corrected chi connectivity index (χ4v) is 6.04. The van der Waals surface area contributed by atoms with Crippen molar-refractivity contribution in [3.05, 3.63) is 5.21 Å². The van der Waals surface area contributed by atoms with Crippen molar-refractivity contribution >= 4 is 5.91 Å². The first-order chi connectivity index (χ1) is 10.9. The maximum Gasteiger partial charge on any atom is 0.236 e. The lowest BCUT2D eigenvalue weighted by Crippen LogP contribution is -2.65. The van der Waals surface area contributed by atoms with E-state index in [0.29, 0.717) is 31.2 Å². The number of likely N-dealkylation sites (tertiary alicyclic amines) is 1. The second-order valence-electron chi connectivity index (χ2n) is 8.32. The lowest BCUT2D eigenvalue weighted by molar-refractivity contribution is -0.170. The molecule has 4 bridgehead atoms. The molecule has 1 aliphatic heterocycles. The molecule has 126 valence electrons. The summed E-state index contributed by atoms with van der Waals surface area (Å²) < 4.78 is 0. The van der Waals surface area contributed by atoms with E-state index in [1.54, 1.807) is 4.90 Å². The van der Waals surface area contributed by atoms with Gasteiger partial charge in [0.2, 0.25) is 5.91 Å². The van der Waals surface area contributed by atoms with Crippen molar-refractivity contribution in [1.82, 2.24) is 9.96 Å². The Balaban J connectivity index is 1.48. The van der Waals surface area contributed by atoms with Crippen LogP contribution in [0, 0.1) is 28.4 Å². The summed E-state index contributed by atoms with van der Waals surface area (Å²) in [5.74, 6) is 0.615. The van der Waals surface area contributed by atoms with E-state index in [1.165, 1.54) is 0 Å². The number of aliphatic hydroxyl groups is 1. The van der Waals surface area contributed by atoms with Crippen LogP contribution in [-0.4, -0.2) is 51.2 Å². The first kappa shape index (κ1) is 15.4. The fourth-order valence-electron chi connectivity index (χ4n) is 6.04. The zero-order valence-electron chi connectivity index (χ0n) is 13.4. The van der Waals surface area contributed by atoms with Gasteiger partial charge in [-0.05, 0) is 63.2 Å². The highest BCUT2D eigenvalue weighted by Gasteiger charge is 2.57. The molecule has 6 heteroatoms. The number of hydroxylamine groups is 2. The molecule has 4 aliphatic carbocycles. The highest BCUT2D eigenvalue weighted by molar-refractivity contribution is 5.79. The highest BCUT2D eigenvalue weighted by atomic mass is 16.5. The minimum Gasteiger partial charge on any atom is -0.784 e. The van der Waals surface area contributed by atoms with E-state index in [4.69, 9.17) is 5.26 Å². The van der Waals surface area contributed by atoms with Gasteiger partial charge in [-0.15, -0.1) is 0 Å². The molecular weight excluding hydrogens is 294 g/mol. The minimum absolute atomic E-state index is 0.173. The van der Waals surface area contributed by atoms with Crippen LogP contribution in [-0.2, 0) is 4.79 Å². The average molecular weight is 318 g/mol. The monoisotopic (exact) mass is 318 g/mol. The Morgan fingerprint density at radius 2 is 2.04 bits per heavy atom. The first-order valence-corrected chi connectivity index (χ1v) is 8.79. The van der Waals surface area contributed by atoms with Crippen LogP contribution >= 0.6 is 0 Å². The van der Waals surface area contributed by atoms with E-state index in [1.807, 2.05) is 0 Å². The molecule has 23 heavy (non-hydrogen) atoms. The quantitative estimate of drug-likeness (QED) is 0.794. The number of rotatable bonds is 3. The molecule has 2 unspecified atom stereocenters. The molecule has 0 aromatic heterocycles. The second-order valence-corrected chi connectivity index (χ2v) is 8.32. The summed E-state index contributed by atoms with van der Waals surface area (Å²) in [5.41, 5.74) is -1.25. The predicted molar refractivity (Wildman–Crippen MR) is 82.8 cm³/mol. The third kappa shape index (κ3) is 2.46. The Bertz CT molecular complexity index is 544. The Kier molecular flexibility index (Phi) is 3.45. The number of nitrogens with zero attached hydrogens (tertiary/aromatic N) is 3. The summed E-state index contributed by atoms with van der Waals surface area (Å²) in [5, 5.41) is 33.7. The number of hydrogen-bond donors (Lipinski definition) is 1. The lowest BCUT2D eigenvalue weighted by Gasteiger charge is -2.65. The van der Waals surface area contributed by atoms with Gasteiger partial charge in [0.1, 0.15) is 6.04 Å². The molecule has 1 amide bonds. The van der Waals surface area contributed by atoms with Crippen LogP contribution in [0.5, 0.6) is 0 Å². The van der Waals surface area contributed by atoms with Gasteiger partial charge >= 0.3 is 0 Å². The zero-order chi connectivity index (χ0) is 16.2. The van der Waals surface area contributed by atoms with E-state index in [2.05, 4.69) is 6.07 Å². The second kappa shape index (κ2) is 5.17. The van der Waals surface area contributed by atoms with Crippen LogP contribution in [0.15, 0.2) is 0 Å². The molecule has 1 heterocycles. The van der Waals surface area contributed by atoms with Crippen LogP contribution in [0.1, 0.15) is 51.4 Å². The van der Waals surface area contributed by atoms with Gasteiger partial charge in [-0.3, -0.25) is 4.79 Å². The van der Waals surface area contributed by atoms with E-state index < -0.39 is 11.1 Å². The van der Waals surface area contributed by atoms with Crippen molar-refractivity contribution < 1.29 is 9.90 Å². The molecule has 0 spiro atoms. The summed E-state index contributed by atoms with van der Waals surface area (Å²) >= 11 is 0. The fraction of sp³-hybridized carbons (Fsp3) is 0.882. The molecule has 0 radical (unpaired) electrons. The SMILES string of the molecule is N#C[C@@H]1CCCN1C(=O)CN([O-])C12CC3CC(CC(O)(C3)C1)C2. The van der Waals surface area contributed by atoms with Crippen LogP contribution < -0.4 is 0 Å². The van der Waals surface area contributed by atoms with Gasteiger partial charge < -0.3 is 20.3 Å². The number of nitriles is 1. The first-order valence-electron chi connectivity index (χ1n) is 8.79. The minimum atomic E-state index is -0.696. The molecule has 1 saturated heterocycles. The molecular formula is C17H24N3O3-. The maximum absolute atomic E-state index is 12.9. The van der Waals surface area contributed by atoms with Gasteiger partial charge in [0.25, 0.3) is 0 Å². The molecule has 0 aromatic rings. The van der Waals surface area contributed by atoms with Crippen molar-refractivity contribution in [1.29, 1.82) is 5.26 Å². The van der Waals surface area contributed by atoms with Crippen molar-refractivity contribution in [2.75, 3.05) is 13.1 Å². The van der Waals surface area contributed by atoms with Gasteiger partial charge in [0.15, 0.2) is 0 Å². The average Bonchev–Trinajstić information content (AvgIpc) is 2.93. The third-order valence-electron chi connectivity index (χ3n) is 6.53. The summed E-state index contributed by atoms with van der Waals surface area (Å²) in [6, 6.07) is 1.78. The van der Waals surface area contributed by atoms with Gasteiger partial charge in [0.05, 0.1) is 18.2 Å². The smallest absolute Gasteiger partial charge is 0.236 e. The Hall–Kier alpha value is -1.16. The molecule has 6 nitrogen and oxygen atoms in total. The van der Waals surface area contributed by atoms with Crippen LogP contribution in [0.25, 0.3) is 0 Å². The largest absolute Gasteiger partial charge is 0.784 e. The van der Waals surface area contributed by atoms with Crippen molar-refractivity contribution in [3.8, 4) is 6.07 Å². The third-order valence-corrected chi connectivity index (χ3v) is 6.53. The van der Waals surface area contributed by atoms with Crippen molar-refractivity contribution in [3.63, 3.8) is 0 Å². The van der Waals surface area contributed by atoms with E-state index in [-0.39, 0.29) is 18.5 Å². The van der Waals surface area contributed by atoms with Gasteiger partial charge in [0, 0.05) is 12.1 Å². The van der Waals surface area contributed by atoms with E-state index in [9.17, 15) is 15.1 Å². The Morgan fingerprint density at radius 3 is 2.65 bits per heavy atom. The number of carbonyl (C=O) groups is 1. The molecule has 4 saturated carbocycles. The number of amides is 1. The van der Waals surface area contributed by atoms with Crippen LogP contribution in [0.2, 0.25) is 0 Å². The maximum atomic E-state index is 12.9. The lowest BCUT2D eigenvalue weighted by atomic mass is 9.51. The predicted octanol–water partition coefficient (Wildman–Crippen LogP) is 1.38. The zero-order valence-corrected chi connectivity index (χ0v) is 13.4. The Labute approximate surface area is 136 Å². The standard InChI is InChI=1S/C17H24N3O3/c18-9-14-2-1-3-19(14)15(21)10-20(23)16-5-12-4-13(6-16)8-17(22,7-12)11-16/h12-14,22H,1-8,10-11H2/q-1/t12?,13?,14-,16?,17?/m0/s1. The van der Waals surface area contributed by atoms with Gasteiger partial charge in [-0.2, -0.15) is 5.26 Å². The van der Waals surface area contributed by atoms with Crippen molar-refractivity contribution in [2.24, 2.45) is 11.8 Å². The number of hydrogen-bond acceptors (Lipinski definition) is 5. The summed E-state index contributed by atoms with van der Waals surface area (Å²) in [6.45, 7) is 0.404. The molecule has 5 rings (SSSR count). The summed E-state index contributed by atoms with van der Waals surface area (Å²) in [6.07, 6.45) is 6.41. The number of carbonyl (C=O) groups excluding carboxylic acids is 1.